The molecule has 1 heterocycles. The second kappa shape index (κ2) is 50.7. The van der Waals surface area contributed by atoms with Gasteiger partial charge in [-0.05, 0) is 89.9 Å². The minimum atomic E-state index is -1.92. The van der Waals surface area contributed by atoms with Crippen molar-refractivity contribution in [1.82, 2.24) is 0 Å². The number of aliphatic hydroxyl groups excluding tert-OH is 2. The Balaban J connectivity index is 2.71. The maximum Gasteiger partial charge on any atom is 0.335 e. The highest BCUT2D eigenvalue weighted by Crippen LogP contribution is 2.26. The van der Waals surface area contributed by atoms with E-state index < -0.39 is 67.3 Å². The Hall–Kier alpha value is -4.10. The number of aliphatic hydroxyl groups is 2. The minimum Gasteiger partial charge on any atom is -0.479 e. The fourth-order valence-electron chi connectivity index (χ4n) is 8.49. The highest BCUT2D eigenvalue weighted by atomic mass is 16.7. The fourth-order valence-corrected chi connectivity index (χ4v) is 8.49. The van der Waals surface area contributed by atoms with Crippen LogP contribution in [0.25, 0.3) is 0 Å². The van der Waals surface area contributed by atoms with Crippen LogP contribution in [-0.2, 0) is 42.9 Å². The van der Waals surface area contributed by atoms with E-state index in [9.17, 15) is 34.5 Å². The van der Waals surface area contributed by atoms with Crippen LogP contribution in [0.4, 0.5) is 0 Å². The lowest BCUT2D eigenvalue weighted by Gasteiger charge is -2.40. The van der Waals surface area contributed by atoms with Crippen molar-refractivity contribution in [2.24, 2.45) is 0 Å². The zero-order chi connectivity index (χ0) is 54.7. The van der Waals surface area contributed by atoms with Crippen molar-refractivity contribution < 1.29 is 58.2 Å². The first-order valence-corrected chi connectivity index (χ1v) is 29.6. The molecule has 0 aromatic carbocycles. The van der Waals surface area contributed by atoms with Crippen molar-refractivity contribution in [3.8, 4) is 0 Å². The van der Waals surface area contributed by atoms with Gasteiger partial charge in [0.05, 0.1) is 6.61 Å². The third-order valence-electron chi connectivity index (χ3n) is 13.0. The molecule has 1 fully saturated rings. The molecule has 0 amide bonds. The summed E-state index contributed by atoms with van der Waals surface area (Å²) in [6.07, 6.45) is 52.7. The van der Waals surface area contributed by atoms with Gasteiger partial charge in [-0.2, -0.15) is 0 Å². The molecular formula is C63H104O12. The number of carboxylic acid groups (broad SMARTS) is 1. The van der Waals surface area contributed by atoms with Gasteiger partial charge in [0, 0.05) is 19.3 Å². The van der Waals surface area contributed by atoms with Gasteiger partial charge in [-0.15, -0.1) is 0 Å². The number of carboxylic acids is 1. The van der Waals surface area contributed by atoms with E-state index in [1.54, 1.807) is 0 Å². The molecule has 0 bridgehead atoms. The molecule has 6 unspecified atom stereocenters. The standard InChI is InChI=1S/C63H104O12/c1-4-7-10-13-16-19-22-25-27-28-30-33-36-39-42-45-48-51-57(66)74-61-59(68)58(67)60(62(69)70)75-63(61)72-53-54(73-56(65)50-47-44-41-38-35-31-24-21-18-15-12-9-6-3)52-71-55(64)49-46-43-40-37-34-32-29-26-23-20-17-14-11-8-5-2/h7,9-10,12,16,18-19,21,25,27,30-31,33,35,54,58-61,63,67-68H,4-6,8,11,13-15,17,20,22-24,26,28-29,32,34,36-53H2,1-3H3,(H,69,70)/b10-7-,12-9-,19-16-,21-18-,27-25-,33-30-,35-31-. The zero-order valence-corrected chi connectivity index (χ0v) is 47.0. The van der Waals surface area contributed by atoms with Gasteiger partial charge in [0.2, 0.25) is 0 Å². The fraction of sp³-hybridized carbons (Fsp3) is 0.714. The van der Waals surface area contributed by atoms with E-state index in [2.05, 4.69) is 106 Å². The Morgan fingerprint density at radius 2 is 0.840 bits per heavy atom. The van der Waals surface area contributed by atoms with Crippen LogP contribution in [0.1, 0.15) is 239 Å². The molecule has 428 valence electrons. The first kappa shape index (κ1) is 68.9. The van der Waals surface area contributed by atoms with Gasteiger partial charge in [0.25, 0.3) is 0 Å². The van der Waals surface area contributed by atoms with E-state index in [1.807, 2.05) is 0 Å². The average molecular weight is 1050 g/mol. The number of carbonyl (C=O) groups excluding carboxylic acids is 3. The third-order valence-corrected chi connectivity index (χ3v) is 13.0. The lowest BCUT2D eigenvalue weighted by molar-refractivity contribution is -0.301. The maximum absolute atomic E-state index is 13.1. The molecule has 12 heteroatoms. The summed E-state index contributed by atoms with van der Waals surface area (Å²) in [6, 6.07) is 0. The lowest BCUT2D eigenvalue weighted by Crippen LogP contribution is -2.61. The number of ether oxygens (including phenoxy) is 5. The highest BCUT2D eigenvalue weighted by Gasteiger charge is 2.50. The summed E-state index contributed by atoms with van der Waals surface area (Å²) < 4.78 is 28.4. The number of hydrogen-bond donors (Lipinski definition) is 3. The molecule has 1 aliphatic rings. The summed E-state index contributed by atoms with van der Waals surface area (Å²) in [5, 5.41) is 31.5. The first-order valence-electron chi connectivity index (χ1n) is 29.6. The molecule has 0 radical (unpaired) electrons. The van der Waals surface area contributed by atoms with E-state index in [1.165, 1.54) is 70.6 Å². The first-order chi connectivity index (χ1) is 36.6. The van der Waals surface area contributed by atoms with Gasteiger partial charge >= 0.3 is 23.9 Å². The second-order valence-electron chi connectivity index (χ2n) is 19.9. The third kappa shape index (κ3) is 40.8. The average Bonchev–Trinajstić information content (AvgIpc) is 3.39. The Bertz CT molecular complexity index is 1630. The number of esters is 3. The summed E-state index contributed by atoms with van der Waals surface area (Å²) in [7, 11) is 0. The Morgan fingerprint density at radius 3 is 1.29 bits per heavy atom. The number of hydrogen-bond acceptors (Lipinski definition) is 11. The van der Waals surface area contributed by atoms with Crippen LogP contribution in [0.3, 0.4) is 0 Å². The van der Waals surface area contributed by atoms with Crippen molar-refractivity contribution in [1.29, 1.82) is 0 Å². The van der Waals surface area contributed by atoms with E-state index >= 15 is 0 Å². The molecule has 0 aliphatic carbocycles. The largest absolute Gasteiger partial charge is 0.479 e. The quantitative estimate of drug-likeness (QED) is 0.0228. The van der Waals surface area contributed by atoms with Crippen LogP contribution >= 0.6 is 0 Å². The van der Waals surface area contributed by atoms with Gasteiger partial charge in [0.1, 0.15) is 18.8 Å². The van der Waals surface area contributed by atoms with Crippen molar-refractivity contribution in [3.05, 3.63) is 85.1 Å². The Morgan fingerprint density at radius 1 is 0.453 bits per heavy atom. The van der Waals surface area contributed by atoms with Crippen LogP contribution in [-0.4, -0.2) is 89.2 Å². The van der Waals surface area contributed by atoms with Crippen molar-refractivity contribution in [2.75, 3.05) is 13.2 Å². The molecule has 1 aliphatic heterocycles. The molecule has 6 atom stereocenters. The van der Waals surface area contributed by atoms with Crippen molar-refractivity contribution >= 4 is 23.9 Å². The topological polar surface area (TPSA) is 175 Å². The van der Waals surface area contributed by atoms with Gasteiger partial charge in [-0.1, -0.05) is 215 Å². The molecule has 3 N–H and O–H groups in total. The van der Waals surface area contributed by atoms with Crippen LogP contribution in [0, 0.1) is 0 Å². The number of allylic oxidation sites excluding steroid dienone is 14. The van der Waals surface area contributed by atoms with E-state index in [-0.39, 0.29) is 25.9 Å². The van der Waals surface area contributed by atoms with Crippen molar-refractivity contribution in [3.63, 3.8) is 0 Å². The minimum absolute atomic E-state index is 0.0265. The second-order valence-corrected chi connectivity index (χ2v) is 19.9. The monoisotopic (exact) mass is 1050 g/mol. The van der Waals surface area contributed by atoms with E-state index in [0.717, 1.165) is 109 Å². The van der Waals surface area contributed by atoms with E-state index in [0.29, 0.717) is 19.3 Å². The molecule has 75 heavy (non-hydrogen) atoms. The SMILES string of the molecule is CC/C=C\C/C=C\C/C=C\C/C=C\CCCCCCC(=O)OC1C(OCC(COC(=O)CCCCCCCCCCCCCCCCC)OC(=O)CCCCC/C=C\C/C=C\C/C=C\CC)OC(C(=O)O)C(O)C1O. The van der Waals surface area contributed by atoms with Gasteiger partial charge in [0.15, 0.2) is 24.6 Å². The number of rotatable bonds is 49. The molecule has 0 spiro atoms. The van der Waals surface area contributed by atoms with E-state index in [4.69, 9.17) is 23.7 Å². The normalized spacial score (nSPS) is 18.8. The number of unbranched alkanes of at least 4 members (excludes halogenated alkanes) is 21. The molecule has 1 rings (SSSR count). The molecule has 0 aromatic heterocycles. The van der Waals surface area contributed by atoms with Crippen LogP contribution in [0.15, 0.2) is 85.1 Å². The van der Waals surface area contributed by atoms with Gasteiger partial charge in [-0.3, -0.25) is 14.4 Å². The summed E-state index contributed by atoms with van der Waals surface area (Å²) >= 11 is 0. The molecule has 0 saturated carbocycles. The van der Waals surface area contributed by atoms with Crippen LogP contribution in [0.5, 0.6) is 0 Å². The van der Waals surface area contributed by atoms with Crippen molar-refractivity contribution in [2.45, 2.75) is 276 Å². The molecule has 0 aromatic rings. The highest BCUT2D eigenvalue weighted by molar-refractivity contribution is 5.74. The van der Waals surface area contributed by atoms with Crippen LogP contribution < -0.4 is 0 Å². The Kier molecular flexibility index (Phi) is 46.6. The predicted octanol–water partition coefficient (Wildman–Crippen LogP) is 15.1. The number of carbonyl (C=O) groups is 4. The molecule has 1 saturated heterocycles. The molecule has 12 nitrogen and oxygen atoms in total. The Labute approximate surface area is 454 Å². The summed E-state index contributed by atoms with van der Waals surface area (Å²) in [6.45, 7) is 5.73. The van der Waals surface area contributed by atoms with Gasteiger partial charge < -0.3 is 39.0 Å². The maximum atomic E-state index is 13.1. The van der Waals surface area contributed by atoms with Crippen LogP contribution in [0.2, 0.25) is 0 Å². The molecular weight excluding hydrogens is 949 g/mol. The smallest absolute Gasteiger partial charge is 0.335 e. The predicted molar refractivity (Wildman–Crippen MR) is 303 cm³/mol. The summed E-state index contributed by atoms with van der Waals surface area (Å²) in [5.74, 6) is -3.19. The number of aliphatic carboxylic acids is 1. The summed E-state index contributed by atoms with van der Waals surface area (Å²) in [5.41, 5.74) is 0. The van der Waals surface area contributed by atoms with Gasteiger partial charge in [-0.25, -0.2) is 4.79 Å². The lowest BCUT2D eigenvalue weighted by atomic mass is 9.98. The zero-order valence-electron chi connectivity index (χ0n) is 47.0. The summed E-state index contributed by atoms with van der Waals surface area (Å²) in [4.78, 5) is 51.1.